The third kappa shape index (κ3) is 4.62. The molecule has 3 nitrogen and oxygen atoms in total. The summed E-state index contributed by atoms with van der Waals surface area (Å²) in [5.41, 5.74) is -0.362. The van der Waals surface area contributed by atoms with Gasteiger partial charge in [-0.05, 0) is 20.8 Å². The fourth-order valence-corrected chi connectivity index (χ4v) is 1.51. The number of nitrogens with zero attached hydrogens (tertiary/aromatic N) is 2. The van der Waals surface area contributed by atoms with Gasteiger partial charge in [0.05, 0.1) is 11.6 Å². The van der Waals surface area contributed by atoms with Crippen molar-refractivity contribution < 1.29 is 24.8 Å². The van der Waals surface area contributed by atoms with Crippen molar-refractivity contribution in [2.45, 2.75) is 32.4 Å². The minimum atomic E-state index is -0.362. The zero-order valence-electron chi connectivity index (χ0n) is 10.6. The maximum absolute atomic E-state index is 5.12. The van der Waals surface area contributed by atoms with Crippen molar-refractivity contribution in [2.75, 3.05) is 13.6 Å². The molecular formula is C11H23IrN2O. The van der Waals surface area contributed by atoms with Crippen molar-refractivity contribution in [1.29, 1.82) is 0 Å². The van der Waals surface area contributed by atoms with Gasteiger partial charge in [-0.15, -0.1) is 0 Å². The van der Waals surface area contributed by atoms with Crippen LogP contribution in [0.2, 0.25) is 0 Å². The van der Waals surface area contributed by atoms with Gasteiger partial charge in [0.25, 0.3) is 0 Å². The maximum atomic E-state index is 5.12. The number of aliphatic imine (C=N–C) groups is 1. The quantitative estimate of drug-likeness (QED) is 0.675. The first-order chi connectivity index (χ1) is 5.47. The minimum Gasteiger partial charge on any atom is -0.545 e. The third-order valence-corrected chi connectivity index (χ3v) is 2.14. The number of hydrogen-bond donors (Lipinski definition) is 0. The molecule has 15 heavy (non-hydrogen) atoms. The molecule has 0 fully saturated rings. The van der Waals surface area contributed by atoms with E-state index in [2.05, 4.69) is 23.9 Å². The standard InChI is InChI=1S/C9H17N2O.2CH3.Ir/c1-7-6-11(4)8(10-7)9(2,3)12-5;;;/h7H,5-6H2,1-4H3;2*1H3;/q3*-1;+3/t7-;;;/m1.../s1. The van der Waals surface area contributed by atoms with Crippen molar-refractivity contribution in [3.8, 4) is 0 Å². The summed E-state index contributed by atoms with van der Waals surface area (Å²) in [6.45, 7) is 7.03. The van der Waals surface area contributed by atoms with E-state index in [0.29, 0.717) is 6.04 Å². The zero-order valence-corrected chi connectivity index (χ0v) is 13.0. The van der Waals surface area contributed by atoms with Gasteiger partial charge in [0.15, 0.2) is 0 Å². The predicted octanol–water partition coefficient (Wildman–Crippen LogP) is 2.20. The molecule has 92 valence electrons. The Morgan fingerprint density at radius 2 is 1.93 bits per heavy atom. The summed E-state index contributed by atoms with van der Waals surface area (Å²) in [7, 11) is 5.48. The molecular weight excluding hydrogens is 368 g/mol. The molecule has 0 aliphatic carbocycles. The van der Waals surface area contributed by atoms with Crippen molar-refractivity contribution in [1.82, 2.24) is 4.90 Å². The van der Waals surface area contributed by atoms with E-state index in [-0.39, 0.29) is 40.6 Å². The Morgan fingerprint density at radius 3 is 2.20 bits per heavy atom. The fraction of sp³-hybridized carbons (Fsp3) is 0.636. The van der Waals surface area contributed by atoms with Crippen LogP contribution >= 0.6 is 0 Å². The molecule has 0 aromatic rings. The van der Waals surface area contributed by atoms with Crippen LogP contribution in [-0.2, 0) is 24.8 Å². The summed E-state index contributed by atoms with van der Waals surface area (Å²) in [4.78, 5) is 6.61. The van der Waals surface area contributed by atoms with E-state index in [0.717, 1.165) is 12.4 Å². The van der Waals surface area contributed by atoms with Crippen LogP contribution in [0.25, 0.3) is 0 Å². The Balaban J connectivity index is -0.000000480. The second kappa shape index (κ2) is 7.37. The van der Waals surface area contributed by atoms with Crippen LogP contribution < -0.4 is 0 Å². The summed E-state index contributed by atoms with van der Waals surface area (Å²) in [5.74, 6) is 0.991. The van der Waals surface area contributed by atoms with Gasteiger partial charge in [0.1, 0.15) is 5.84 Å². The summed E-state index contributed by atoms with van der Waals surface area (Å²) in [5, 5.41) is 0. The van der Waals surface area contributed by atoms with E-state index in [1.807, 2.05) is 20.9 Å². The van der Waals surface area contributed by atoms with Gasteiger partial charge in [-0.3, -0.25) is 4.99 Å². The van der Waals surface area contributed by atoms with Crippen LogP contribution in [-0.4, -0.2) is 36.0 Å². The fourth-order valence-electron chi connectivity index (χ4n) is 1.51. The molecule has 0 amide bonds. The molecule has 0 aromatic heterocycles. The first-order valence-electron chi connectivity index (χ1n) is 4.20. The smallest absolute Gasteiger partial charge is 0.545 e. The molecule has 0 bridgehead atoms. The number of likely N-dealkylation sites (N-methyl/N-ethyl adjacent to an activating group) is 1. The summed E-state index contributed by atoms with van der Waals surface area (Å²) < 4.78 is 5.12. The van der Waals surface area contributed by atoms with E-state index >= 15 is 0 Å². The normalized spacial score (nSPS) is 19.7. The second-order valence-electron chi connectivity index (χ2n) is 3.84. The molecule has 1 aliphatic heterocycles. The van der Waals surface area contributed by atoms with E-state index < -0.39 is 0 Å². The molecule has 0 aromatic carbocycles. The molecule has 0 radical (unpaired) electrons. The molecule has 0 N–H and O–H groups in total. The Bertz CT molecular complexity index is 205. The first kappa shape index (κ1) is 20.5. The minimum absolute atomic E-state index is 0. The molecule has 0 saturated heterocycles. The van der Waals surface area contributed by atoms with Crippen LogP contribution in [0.5, 0.6) is 0 Å². The molecule has 0 saturated carbocycles. The van der Waals surface area contributed by atoms with Crippen molar-refractivity contribution in [3.05, 3.63) is 22.0 Å². The van der Waals surface area contributed by atoms with E-state index in [1.165, 1.54) is 0 Å². The van der Waals surface area contributed by atoms with Gasteiger partial charge in [-0.1, -0.05) is 0 Å². The average molecular weight is 392 g/mol. The number of rotatable bonds is 2. The molecule has 4 heteroatoms. The monoisotopic (exact) mass is 392 g/mol. The Kier molecular flexibility index (Phi) is 10.1. The SMILES string of the molecule is [CH2-]OC(C)(C)C1=N[C@H](C)CN1C.[CH3-].[CH3-].[Ir+3]. The van der Waals surface area contributed by atoms with Gasteiger partial charge >= 0.3 is 20.1 Å². The molecule has 1 heterocycles. The van der Waals surface area contributed by atoms with Crippen LogP contribution in [0, 0.1) is 22.0 Å². The predicted molar refractivity (Wildman–Crippen MR) is 62.9 cm³/mol. The Morgan fingerprint density at radius 1 is 1.47 bits per heavy atom. The topological polar surface area (TPSA) is 24.8 Å². The third-order valence-electron chi connectivity index (χ3n) is 2.14. The molecule has 0 unspecified atom stereocenters. The van der Waals surface area contributed by atoms with Crippen molar-refractivity contribution in [3.63, 3.8) is 0 Å². The molecule has 0 spiro atoms. The maximum Gasteiger partial charge on any atom is 3.00 e. The van der Waals surface area contributed by atoms with Crippen LogP contribution in [0.3, 0.4) is 0 Å². The van der Waals surface area contributed by atoms with Crippen LogP contribution in [0.15, 0.2) is 4.99 Å². The van der Waals surface area contributed by atoms with Gasteiger partial charge in [0.2, 0.25) is 0 Å². The summed E-state index contributed by atoms with van der Waals surface area (Å²) in [6.07, 6.45) is 0. The van der Waals surface area contributed by atoms with E-state index in [4.69, 9.17) is 4.74 Å². The largest absolute Gasteiger partial charge is 3.00 e. The van der Waals surface area contributed by atoms with Crippen LogP contribution in [0.1, 0.15) is 20.8 Å². The second-order valence-corrected chi connectivity index (χ2v) is 3.84. The average Bonchev–Trinajstić information content (AvgIpc) is 2.31. The Labute approximate surface area is 109 Å². The zero-order chi connectivity index (χ0) is 9.35. The molecule has 1 aliphatic rings. The summed E-state index contributed by atoms with van der Waals surface area (Å²) >= 11 is 0. The summed E-state index contributed by atoms with van der Waals surface area (Å²) in [6, 6.07) is 0.374. The van der Waals surface area contributed by atoms with E-state index in [1.54, 1.807) is 0 Å². The van der Waals surface area contributed by atoms with Crippen molar-refractivity contribution >= 4 is 5.84 Å². The first-order valence-corrected chi connectivity index (χ1v) is 4.20. The van der Waals surface area contributed by atoms with Gasteiger partial charge in [-0.25, -0.2) is 7.11 Å². The molecule has 1 rings (SSSR count). The van der Waals surface area contributed by atoms with Gasteiger partial charge in [-0.2, -0.15) is 0 Å². The van der Waals surface area contributed by atoms with Crippen LogP contribution in [0.4, 0.5) is 0 Å². The van der Waals surface area contributed by atoms with Gasteiger partial charge < -0.3 is 24.5 Å². The van der Waals surface area contributed by atoms with Gasteiger partial charge in [0, 0.05) is 13.6 Å². The number of amidine groups is 1. The molecule has 1 atom stereocenters. The number of hydrogen-bond acceptors (Lipinski definition) is 3. The van der Waals surface area contributed by atoms with E-state index in [9.17, 15) is 0 Å². The van der Waals surface area contributed by atoms with Crippen molar-refractivity contribution in [2.24, 2.45) is 4.99 Å². The number of ether oxygens (including phenoxy) is 1. The Hall–Kier alpha value is 0.0794.